The van der Waals surface area contributed by atoms with Gasteiger partial charge in [-0.15, -0.1) is 0 Å². The second-order valence-corrected chi connectivity index (χ2v) is 30.5. The summed E-state index contributed by atoms with van der Waals surface area (Å²) < 4.78 is 48.3. The van der Waals surface area contributed by atoms with Gasteiger partial charge in [-0.2, -0.15) is 0 Å². The smallest absolute Gasteiger partial charge is 0.395 e. The maximum absolute atomic E-state index is 10.2. The van der Waals surface area contributed by atoms with Gasteiger partial charge in [0.15, 0.2) is 0 Å². The molecule has 0 saturated heterocycles. The van der Waals surface area contributed by atoms with Crippen molar-refractivity contribution in [2.45, 2.75) is 0 Å². The molecule has 0 aromatic carbocycles. The van der Waals surface area contributed by atoms with Crippen LogP contribution < -0.4 is 0 Å². The molecule has 0 heterocycles. The molecule has 1 N–H and O–H groups in total. The van der Waals surface area contributed by atoms with E-state index in [1.165, 1.54) is 0 Å². The predicted octanol–water partition coefficient (Wildman–Crippen LogP) is 4.70. The molecule has 0 aromatic rings. The third-order valence-electron chi connectivity index (χ3n) is 7.70. The molecule has 16 nitrogen and oxygen atoms in total. The highest BCUT2D eigenvalue weighted by molar-refractivity contribution is 7.88. The van der Waals surface area contributed by atoms with E-state index in [1.807, 2.05) is 7.05 Å². The summed E-state index contributed by atoms with van der Waals surface area (Å²) in [5.41, 5.74) is 0. The van der Waals surface area contributed by atoms with E-state index in [0.29, 0.717) is 6.54 Å². The van der Waals surface area contributed by atoms with Crippen LogP contribution in [-0.4, -0.2) is 224 Å². The first kappa shape index (κ1) is 45.9. The lowest BCUT2D eigenvalue weighted by atomic mass is 10.7. The van der Waals surface area contributed by atoms with E-state index in [0.717, 1.165) is 0 Å². The van der Waals surface area contributed by atoms with Gasteiger partial charge >= 0.3 is 7.87 Å². The first-order chi connectivity index (χ1) is 20.2. The topological polar surface area (TPSA) is 105 Å². The molecule has 0 fully saturated rings. The van der Waals surface area contributed by atoms with Crippen LogP contribution in [0, 0.1) is 0 Å². The van der Waals surface area contributed by atoms with Crippen LogP contribution in [0.1, 0.15) is 0 Å². The average Bonchev–Trinajstić information content (AvgIpc) is 2.87. The van der Waals surface area contributed by atoms with Crippen molar-refractivity contribution in [2.24, 2.45) is 18.1 Å². The molecule has 0 spiro atoms. The Morgan fingerprint density at radius 1 is 0.400 bits per heavy atom. The van der Waals surface area contributed by atoms with Gasteiger partial charge < -0.3 is 5.11 Å². The Bertz CT molecular complexity index is 1040. The third kappa shape index (κ3) is 9.36. The lowest BCUT2D eigenvalue weighted by Gasteiger charge is -2.44. The minimum absolute atomic E-state index is 0.000492. The van der Waals surface area contributed by atoms with Crippen molar-refractivity contribution in [3.63, 3.8) is 0 Å². The van der Waals surface area contributed by atoms with Crippen molar-refractivity contribution >= 4 is 37.7 Å². The molecule has 45 heavy (non-hydrogen) atoms. The summed E-state index contributed by atoms with van der Waals surface area (Å²) in [6.45, 7) is 2.65. The predicted molar refractivity (Wildman–Crippen MR) is 207 cm³/mol. The summed E-state index contributed by atoms with van der Waals surface area (Å²) in [7, 11) is 29.9. The van der Waals surface area contributed by atoms with Gasteiger partial charge in [0.1, 0.15) is 7.36 Å². The van der Waals surface area contributed by atoms with Crippen LogP contribution in [0.15, 0.2) is 18.1 Å². The van der Waals surface area contributed by atoms with Gasteiger partial charge in [-0.1, -0.05) is 0 Å². The molecule has 272 valence electrons. The maximum Gasteiger partial charge on any atom is 0.501 e. The Labute approximate surface area is 279 Å². The zero-order chi connectivity index (χ0) is 36.1. The number of rotatable bonds is 17. The van der Waals surface area contributed by atoms with Crippen LogP contribution in [0.4, 0.5) is 0 Å². The van der Waals surface area contributed by atoms with Gasteiger partial charge in [0.05, 0.1) is 6.61 Å². The van der Waals surface area contributed by atoms with Crippen LogP contribution in [-0.2, 0) is 0 Å². The van der Waals surface area contributed by atoms with Gasteiger partial charge in [-0.05, 0) is 166 Å². The fourth-order valence-corrected chi connectivity index (χ4v) is 28.2. The van der Waals surface area contributed by atoms with Gasteiger partial charge in [0.2, 0.25) is 22.5 Å². The van der Waals surface area contributed by atoms with Crippen LogP contribution in [0.3, 0.4) is 0 Å². The molecular weight excluding hydrogens is 669 g/mol. The monoisotopic (exact) mass is 740 g/mol. The molecule has 0 unspecified atom stereocenters. The van der Waals surface area contributed by atoms with E-state index in [1.54, 1.807) is 0 Å². The fourth-order valence-electron chi connectivity index (χ4n) is 5.44. The van der Waals surface area contributed by atoms with E-state index in [4.69, 9.17) is 18.1 Å². The molecule has 0 aliphatic heterocycles. The van der Waals surface area contributed by atoms with Crippen LogP contribution in [0.25, 0.3) is 0 Å². The normalized spacial score (nSPS) is 14.7. The SMILES string of the molecule is CN(C)P(C)(=N[P+](N=P(N(C)C)(N(C)C)N(C)C)(N=P(N(C)C)(N(C)C)N(C)C)N=P(N(C)C)(N(C)C)N(C)CCO)N(C)C. The summed E-state index contributed by atoms with van der Waals surface area (Å²) in [6.07, 6.45) is 0. The largest absolute Gasteiger partial charge is 0.501 e. The Morgan fingerprint density at radius 2 is 0.644 bits per heavy atom. The highest BCUT2D eigenvalue weighted by atomic mass is 31.3. The van der Waals surface area contributed by atoms with Crippen molar-refractivity contribution in [3.05, 3.63) is 0 Å². The highest BCUT2D eigenvalue weighted by Crippen LogP contribution is 2.86. The quantitative estimate of drug-likeness (QED) is 0.209. The summed E-state index contributed by atoms with van der Waals surface area (Å²) >= 11 is 0. The fraction of sp³-hybridized carbons (Fsp3) is 1.00. The zero-order valence-electron chi connectivity index (χ0n) is 32.8. The lowest BCUT2D eigenvalue weighted by Crippen LogP contribution is -2.34. The van der Waals surface area contributed by atoms with Crippen molar-refractivity contribution in [1.82, 2.24) is 51.4 Å². The molecule has 0 aliphatic carbocycles. The van der Waals surface area contributed by atoms with Crippen molar-refractivity contribution in [2.75, 3.05) is 168 Å². The molecule has 0 saturated carbocycles. The van der Waals surface area contributed by atoms with E-state index in [-0.39, 0.29) is 6.61 Å². The maximum atomic E-state index is 10.2. The minimum Gasteiger partial charge on any atom is -0.395 e. The number of nitrogens with zero attached hydrogens (tertiary/aromatic N) is 15. The first-order valence-electron chi connectivity index (χ1n) is 14.8. The van der Waals surface area contributed by atoms with Gasteiger partial charge in [0.25, 0.3) is 0 Å². The Morgan fingerprint density at radius 3 is 0.844 bits per heavy atom. The molecule has 0 bridgehead atoms. The van der Waals surface area contributed by atoms with Crippen LogP contribution in [0.5, 0.6) is 0 Å². The molecule has 0 rings (SSSR count). The van der Waals surface area contributed by atoms with Crippen molar-refractivity contribution in [1.29, 1.82) is 0 Å². The number of hydrogen-bond donors (Lipinski definition) is 1. The van der Waals surface area contributed by atoms with E-state index >= 15 is 0 Å². The summed E-state index contributed by atoms with van der Waals surface area (Å²) in [6, 6.07) is 0. The summed E-state index contributed by atoms with van der Waals surface area (Å²) in [5, 5.41) is 10.2. The molecule has 21 heteroatoms. The number of aliphatic hydroxyl groups is 1. The molecule has 0 atom stereocenters. The number of hydrogen-bond acceptors (Lipinski definition) is 5. The van der Waals surface area contributed by atoms with E-state index in [2.05, 4.69) is 199 Å². The van der Waals surface area contributed by atoms with Crippen molar-refractivity contribution < 1.29 is 5.11 Å². The standard InChI is InChI=1S/C24H71N15OP5/c1-29(2)41(22,30(3)4)25-42(26-43(31(5)6,32(7)8)33(9)10,27-44(34(11)12,35(13)14)36(15)16)28-45(37(17)18,38(19)20)39(21)23-24-40/h40H,23-24H2,1-22H3/q+1. The first-order valence-corrected chi connectivity index (χ1v) is 23.3. The van der Waals surface area contributed by atoms with Gasteiger partial charge in [0, 0.05) is 13.2 Å². The molecular formula is C24H71N15OP5+. The van der Waals surface area contributed by atoms with Gasteiger partial charge in [-0.25, -0.2) is 42.0 Å². The molecule has 0 amide bonds. The summed E-state index contributed by atoms with van der Waals surface area (Å²) in [4.78, 5) is 0. The van der Waals surface area contributed by atoms with E-state index < -0.39 is 37.7 Å². The molecule has 0 radical (unpaired) electrons. The van der Waals surface area contributed by atoms with Crippen LogP contribution >= 0.6 is 37.7 Å². The Hall–Kier alpha value is 0.870. The number of aliphatic hydroxyl groups excluding tert-OH is 1. The summed E-state index contributed by atoms with van der Waals surface area (Å²) in [5.74, 6) is 0. The number of likely N-dealkylation sites (N-methyl/N-ethyl adjacent to an activating group) is 1. The minimum atomic E-state index is -3.44. The van der Waals surface area contributed by atoms with Crippen molar-refractivity contribution in [3.8, 4) is 0 Å². The average molecular weight is 741 g/mol. The molecule has 0 aliphatic rings. The Balaban J connectivity index is 10.0. The zero-order valence-corrected chi connectivity index (χ0v) is 37.3. The lowest BCUT2D eigenvalue weighted by molar-refractivity contribution is 0.262. The molecule has 0 aromatic heterocycles. The Kier molecular flexibility index (Phi) is 18.0. The third-order valence-corrected chi connectivity index (χ3v) is 28.5. The second-order valence-electron chi connectivity index (χ2n) is 12.9. The van der Waals surface area contributed by atoms with Gasteiger partial charge in [-0.3, -0.25) is 9.34 Å². The second kappa shape index (κ2) is 17.7. The highest BCUT2D eigenvalue weighted by Gasteiger charge is 2.55. The van der Waals surface area contributed by atoms with Crippen LogP contribution in [0.2, 0.25) is 0 Å². The van der Waals surface area contributed by atoms with E-state index in [9.17, 15) is 5.11 Å².